The molecular weight excluding hydrogens is 226 g/mol. The maximum absolute atomic E-state index is 3.53. The van der Waals surface area contributed by atoms with Crippen LogP contribution in [-0.4, -0.2) is 0 Å². The van der Waals surface area contributed by atoms with E-state index in [0.717, 1.165) is 6.54 Å². The first kappa shape index (κ1) is 12.2. The van der Waals surface area contributed by atoms with E-state index in [1.807, 2.05) is 11.3 Å². The molecule has 0 radical (unpaired) electrons. The number of hydrogen-bond acceptors (Lipinski definition) is 2. The fraction of sp³-hybridized carbons (Fsp3) is 0.333. The van der Waals surface area contributed by atoms with Gasteiger partial charge in [-0.3, -0.25) is 0 Å². The van der Waals surface area contributed by atoms with Gasteiger partial charge in [-0.05, 0) is 56.5 Å². The molecule has 0 aliphatic carbocycles. The highest BCUT2D eigenvalue weighted by atomic mass is 32.1. The molecule has 0 fully saturated rings. The topological polar surface area (TPSA) is 12.0 Å². The van der Waals surface area contributed by atoms with Crippen molar-refractivity contribution in [2.24, 2.45) is 0 Å². The molecule has 0 atom stereocenters. The van der Waals surface area contributed by atoms with Crippen LogP contribution in [0.5, 0.6) is 0 Å². The molecule has 90 valence electrons. The van der Waals surface area contributed by atoms with Crippen LogP contribution in [0.3, 0.4) is 0 Å². The third-order valence-electron chi connectivity index (χ3n) is 3.01. The Hall–Kier alpha value is -1.28. The summed E-state index contributed by atoms with van der Waals surface area (Å²) in [5, 5.41) is 3.53. The van der Waals surface area contributed by atoms with Gasteiger partial charge in [0.25, 0.3) is 0 Å². The summed E-state index contributed by atoms with van der Waals surface area (Å²) < 4.78 is 0. The molecule has 1 heterocycles. The summed E-state index contributed by atoms with van der Waals surface area (Å²) >= 11 is 1.87. The van der Waals surface area contributed by atoms with Crippen molar-refractivity contribution in [1.29, 1.82) is 0 Å². The molecule has 1 N–H and O–H groups in total. The Kier molecular flexibility index (Phi) is 3.53. The van der Waals surface area contributed by atoms with Crippen molar-refractivity contribution in [3.05, 3.63) is 50.7 Å². The fourth-order valence-corrected chi connectivity index (χ4v) is 2.92. The van der Waals surface area contributed by atoms with Gasteiger partial charge < -0.3 is 5.32 Å². The van der Waals surface area contributed by atoms with E-state index >= 15 is 0 Å². The first-order valence-electron chi connectivity index (χ1n) is 5.93. The summed E-state index contributed by atoms with van der Waals surface area (Å²) in [7, 11) is 0. The third-order valence-corrected chi connectivity index (χ3v) is 4.01. The molecule has 0 unspecified atom stereocenters. The summed E-state index contributed by atoms with van der Waals surface area (Å²) in [5.74, 6) is 0. The van der Waals surface area contributed by atoms with E-state index in [1.165, 1.54) is 32.1 Å². The van der Waals surface area contributed by atoms with Crippen LogP contribution >= 0.6 is 11.3 Å². The summed E-state index contributed by atoms with van der Waals surface area (Å²) in [5.41, 5.74) is 5.26. The first-order chi connectivity index (χ1) is 8.06. The Balaban J connectivity index is 2.12. The average Bonchev–Trinajstić information content (AvgIpc) is 2.59. The third kappa shape index (κ3) is 2.89. The Morgan fingerprint density at radius 2 is 1.82 bits per heavy atom. The molecule has 0 saturated carbocycles. The number of nitrogens with one attached hydrogen (secondary N) is 1. The number of hydrogen-bond donors (Lipinski definition) is 1. The summed E-state index contributed by atoms with van der Waals surface area (Å²) in [6, 6.07) is 8.81. The molecular formula is C15H19NS. The lowest BCUT2D eigenvalue weighted by Gasteiger charge is -2.10. The van der Waals surface area contributed by atoms with Crippen molar-refractivity contribution in [3.63, 3.8) is 0 Å². The minimum Gasteiger partial charge on any atom is -0.381 e. The minimum absolute atomic E-state index is 0.917. The zero-order valence-corrected chi connectivity index (χ0v) is 11.7. The van der Waals surface area contributed by atoms with Gasteiger partial charge in [0.2, 0.25) is 0 Å². The van der Waals surface area contributed by atoms with Gasteiger partial charge in [-0.15, -0.1) is 11.3 Å². The summed E-state index contributed by atoms with van der Waals surface area (Å²) in [6.45, 7) is 9.55. The number of aryl methyl sites for hydroxylation is 4. The molecule has 1 nitrogen and oxygen atoms in total. The van der Waals surface area contributed by atoms with E-state index in [1.54, 1.807) is 0 Å². The number of thiophene rings is 1. The molecule has 2 rings (SSSR count). The number of rotatable bonds is 3. The van der Waals surface area contributed by atoms with Crippen molar-refractivity contribution < 1.29 is 0 Å². The predicted molar refractivity (Wildman–Crippen MR) is 77.0 cm³/mol. The van der Waals surface area contributed by atoms with Crippen molar-refractivity contribution in [3.8, 4) is 0 Å². The Morgan fingerprint density at radius 3 is 2.47 bits per heavy atom. The summed E-state index contributed by atoms with van der Waals surface area (Å²) in [4.78, 5) is 2.81. The molecule has 0 aliphatic rings. The van der Waals surface area contributed by atoms with Crippen LogP contribution in [0.15, 0.2) is 24.3 Å². The zero-order chi connectivity index (χ0) is 12.4. The van der Waals surface area contributed by atoms with Crippen molar-refractivity contribution >= 4 is 17.0 Å². The van der Waals surface area contributed by atoms with E-state index in [0.29, 0.717) is 0 Å². The van der Waals surface area contributed by atoms with Crippen molar-refractivity contribution in [2.75, 3.05) is 5.32 Å². The highest BCUT2D eigenvalue weighted by Crippen LogP contribution is 2.23. The predicted octanol–water partition coefficient (Wildman–Crippen LogP) is 4.59. The molecule has 0 amide bonds. The average molecular weight is 245 g/mol. The first-order valence-corrected chi connectivity index (χ1v) is 6.75. The largest absolute Gasteiger partial charge is 0.381 e. The van der Waals surface area contributed by atoms with Crippen molar-refractivity contribution in [1.82, 2.24) is 0 Å². The maximum Gasteiger partial charge on any atom is 0.0411 e. The molecule has 0 aliphatic heterocycles. The quantitative estimate of drug-likeness (QED) is 0.833. The number of anilines is 1. The van der Waals surface area contributed by atoms with Crippen LogP contribution in [0.2, 0.25) is 0 Å². The van der Waals surface area contributed by atoms with Gasteiger partial charge in [0.05, 0.1) is 0 Å². The van der Waals surface area contributed by atoms with Crippen LogP contribution in [0.4, 0.5) is 5.69 Å². The van der Waals surface area contributed by atoms with Crippen LogP contribution in [0, 0.1) is 27.7 Å². The van der Waals surface area contributed by atoms with E-state index in [-0.39, 0.29) is 0 Å². The van der Waals surface area contributed by atoms with E-state index in [9.17, 15) is 0 Å². The van der Waals surface area contributed by atoms with Gasteiger partial charge in [0.1, 0.15) is 0 Å². The SMILES string of the molecule is Cc1ccc(C)c(NCc2cc(C)sc2C)c1. The molecule has 2 heteroatoms. The van der Waals surface area contributed by atoms with Gasteiger partial charge in [0, 0.05) is 22.0 Å². The monoisotopic (exact) mass is 245 g/mol. The lowest BCUT2D eigenvalue weighted by Crippen LogP contribution is -2.01. The Labute approximate surface area is 108 Å². The van der Waals surface area contributed by atoms with Crippen LogP contribution in [0.25, 0.3) is 0 Å². The highest BCUT2D eigenvalue weighted by molar-refractivity contribution is 7.12. The summed E-state index contributed by atoms with van der Waals surface area (Å²) in [6.07, 6.45) is 0. The lowest BCUT2D eigenvalue weighted by molar-refractivity contribution is 1.13. The standard InChI is InChI=1S/C15H19NS/c1-10-5-6-11(2)15(7-10)16-9-14-8-12(3)17-13(14)4/h5-8,16H,9H2,1-4H3. The van der Waals surface area contributed by atoms with Gasteiger partial charge in [-0.1, -0.05) is 12.1 Å². The molecule has 0 bridgehead atoms. The van der Waals surface area contributed by atoms with Crippen LogP contribution < -0.4 is 5.32 Å². The Bertz CT molecular complexity index is 526. The molecule has 1 aromatic heterocycles. The van der Waals surface area contributed by atoms with Gasteiger partial charge >= 0.3 is 0 Å². The van der Waals surface area contributed by atoms with Crippen LogP contribution in [-0.2, 0) is 6.54 Å². The lowest BCUT2D eigenvalue weighted by atomic mass is 10.1. The van der Waals surface area contributed by atoms with Crippen molar-refractivity contribution in [2.45, 2.75) is 34.2 Å². The van der Waals surface area contributed by atoms with Crippen LogP contribution in [0.1, 0.15) is 26.4 Å². The van der Waals surface area contributed by atoms with Gasteiger partial charge in [-0.2, -0.15) is 0 Å². The molecule has 0 saturated heterocycles. The molecule has 0 spiro atoms. The van der Waals surface area contributed by atoms with E-state index in [4.69, 9.17) is 0 Å². The Morgan fingerprint density at radius 1 is 1.06 bits per heavy atom. The normalized spacial score (nSPS) is 10.6. The highest BCUT2D eigenvalue weighted by Gasteiger charge is 2.03. The number of benzene rings is 1. The zero-order valence-electron chi connectivity index (χ0n) is 10.9. The maximum atomic E-state index is 3.53. The minimum atomic E-state index is 0.917. The fourth-order valence-electron chi connectivity index (χ4n) is 1.98. The smallest absolute Gasteiger partial charge is 0.0411 e. The molecule has 1 aromatic carbocycles. The van der Waals surface area contributed by atoms with E-state index in [2.05, 4.69) is 57.3 Å². The molecule has 2 aromatic rings. The second-order valence-corrected chi connectivity index (χ2v) is 6.07. The van der Waals surface area contributed by atoms with E-state index < -0.39 is 0 Å². The second kappa shape index (κ2) is 4.92. The van der Waals surface area contributed by atoms with Gasteiger partial charge in [0.15, 0.2) is 0 Å². The molecule has 17 heavy (non-hydrogen) atoms. The second-order valence-electron chi connectivity index (χ2n) is 4.61. The van der Waals surface area contributed by atoms with Gasteiger partial charge in [-0.25, -0.2) is 0 Å².